The third-order valence-electron chi connectivity index (χ3n) is 4.15. The van der Waals surface area contributed by atoms with Crippen LogP contribution in [0.25, 0.3) is 0 Å². The summed E-state index contributed by atoms with van der Waals surface area (Å²) >= 11 is 0. The van der Waals surface area contributed by atoms with E-state index in [2.05, 4.69) is 30.0 Å². The van der Waals surface area contributed by atoms with Crippen molar-refractivity contribution in [2.24, 2.45) is 0 Å². The number of aromatic amines is 3. The molecule has 10 heteroatoms. The van der Waals surface area contributed by atoms with Gasteiger partial charge < -0.3 is 9.88 Å². The predicted molar refractivity (Wildman–Crippen MR) is 84.4 cm³/mol. The number of H-pyrrole nitrogens is 3. The van der Waals surface area contributed by atoms with Crippen LogP contribution >= 0.6 is 0 Å². The topological polar surface area (TPSA) is 131 Å². The van der Waals surface area contributed by atoms with Crippen molar-refractivity contribution in [1.82, 2.24) is 34.9 Å². The van der Waals surface area contributed by atoms with E-state index in [1.54, 1.807) is 11.8 Å². The summed E-state index contributed by atoms with van der Waals surface area (Å²) in [4.78, 5) is 48.1. The molecular weight excluding hydrogens is 314 g/mol. The van der Waals surface area contributed by atoms with Crippen LogP contribution in [0.1, 0.15) is 17.1 Å². The Morgan fingerprint density at radius 2 is 1.96 bits per heavy atom. The molecule has 2 aromatic rings. The SMILES string of the molecule is Cc1[nH]c(=O)[nH]c(=O)c1CC(=O)N1CCN(Cc2ncn[nH]2)CC1. The summed E-state index contributed by atoms with van der Waals surface area (Å²) in [6.45, 7) is 4.93. The average molecular weight is 333 g/mol. The van der Waals surface area contributed by atoms with Gasteiger partial charge in [-0.15, -0.1) is 0 Å². The number of aryl methyl sites for hydroxylation is 1. The van der Waals surface area contributed by atoms with Gasteiger partial charge in [-0.25, -0.2) is 9.78 Å². The molecule has 0 radical (unpaired) electrons. The standard InChI is InChI=1S/C14H19N7O3/c1-9-10(13(23)18-14(24)17-9)6-12(22)21-4-2-20(3-5-21)7-11-15-8-16-19-11/h8H,2-7H2,1H3,(H,15,16,19)(H2,17,18,23,24). The van der Waals surface area contributed by atoms with E-state index in [1.165, 1.54) is 6.33 Å². The maximum absolute atomic E-state index is 12.4. The van der Waals surface area contributed by atoms with Gasteiger partial charge in [0.15, 0.2) is 0 Å². The van der Waals surface area contributed by atoms with Crippen molar-refractivity contribution < 1.29 is 4.79 Å². The summed E-state index contributed by atoms with van der Waals surface area (Å²) < 4.78 is 0. The molecule has 128 valence electrons. The molecule has 0 spiro atoms. The fraction of sp³-hybridized carbons (Fsp3) is 0.500. The highest BCUT2D eigenvalue weighted by molar-refractivity contribution is 5.79. The summed E-state index contributed by atoms with van der Waals surface area (Å²) in [5.74, 6) is 0.681. The molecule has 24 heavy (non-hydrogen) atoms. The Hall–Kier alpha value is -2.75. The van der Waals surface area contributed by atoms with E-state index in [0.29, 0.717) is 30.9 Å². The minimum atomic E-state index is -0.560. The normalized spacial score (nSPS) is 15.6. The van der Waals surface area contributed by atoms with Crippen LogP contribution in [0.5, 0.6) is 0 Å². The van der Waals surface area contributed by atoms with Gasteiger partial charge in [0, 0.05) is 37.4 Å². The number of nitrogens with zero attached hydrogens (tertiary/aromatic N) is 4. The van der Waals surface area contributed by atoms with Crippen molar-refractivity contribution in [3.63, 3.8) is 0 Å². The number of rotatable bonds is 4. The number of amides is 1. The lowest BCUT2D eigenvalue weighted by Gasteiger charge is -2.34. The quantitative estimate of drug-likeness (QED) is 0.616. The smallest absolute Gasteiger partial charge is 0.325 e. The van der Waals surface area contributed by atoms with Crippen LogP contribution in [0, 0.1) is 6.92 Å². The minimum absolute atomic E-state index is 0.0138. The molecule has 0 aromatic carbocycles. The first-order valence-electron chi connectivity index (χ1n) is 7.69. The van der Waals surface area contributed by atoms with Gasteiger partial charge in [-0.05, 0) is 6.92 Å². The van der Waals surface area contributed by atoms with Gasteiger partial charge in [0.1, 0.15) is 12.2 Å². The molecule has 0 atom stereocenters. The summed E-state index contributed by atoms with van der Waals surface area (Å²) in [6.07, 6.45) is 1.46. The third kappa shape index (κ3) is 3.59. The van der Waals surface area contributed by atoms with Crippen molar-refractivity contribution in [2.45, 2.75) is 19.9 Å². The molecule has 1 aliphatic heterocycles. The van der Waals surface area contributed by atoms with Crippen molar-refractivity contribution in [2.75, 3.05) is 26.2 Å². The summed E-state index contributed by atoms with van der Waals surface area (Å²) in [6, 6.07) is 0. The van der Waals surface area contributed by atoms with Crippen LogP contribution in [0.4, 0.5) is 0 Å². The monoisotopic (exact) mass is 333 g/mol. The lowest BCUT2D eigenvalue weighted by Crippen LogP contribution is -2.49. The van der Waals surface area contributed by atoms with Crippen LogP contribution in [-0.2, 0) is 17.8 Å². The molecule has 0 unspecified atom stereocenters. The zero-order valence-corrected chi connectivity index (χ0v) is 13.3. The molecule has 1 aliphatic rings. The lowest BCUT2D eigenvalue weighted by atomic mass is 10.1. The maximum atomic E-state index is 12.4. The van der Waals surface area contributed by atoms with Crippen LogP contribution in [0.2, 0.25) is 0 Å². The van der Waals surface area contributed by atoms with Crippen molar-refractivity contribution >= 4 is 5.91 Å². The summed E-state index contributed by atoms with van der Waals surface area (Å²) in [5.41, 5.74) is -0.326. The number of hydrogen-bond donors (Lipinski definition) is 3. The number of aromatic nitrogens is 5. The Labute approximate surface area is 136 Å². The first-order valence-corrected chi connectivity index (χ1v) is 7.69. The van der Waals surface area contributed by atoms with Gasteiger partial charge in [0.25, 0.3) is 5.56 Å². The highest BCUT2D eigenvalue weighted by Crippen LogP contribution is 2.07. The Morgan fingerprint density at radius 1 is 1.21 bits per heavy atom. The Balaban J connectivity index is 1.58. The zero-order valence-electron chi connectivity index (χ0n) is 13.3. The van der Waals surface area contributed by atoms with Gasteiger partial charge in [0.05, 0.1) is 13.0 Å². The second kappa shape index (κ2) is 6.79. The second-order valence-electron chi connectivity index (χ2n) is 5.78. The molecule has 1 saturated heterocycles. The molecule has 3 N–H and O–H groups in total. The van der Waals surface area contributed by atoms with Gasteiger partial charge >= 0.3 is 5.69 Å². The first kappa shape index (κ1) is 16.1. The van der Waals surface area contributed by atoms with Crippen molar-refractivity contribution in [1.29, 1.82) is 0 Å². The number of nitrogens with one attached hydrogen (secondary N) is 3. The van der Waals surface area contributed by atoms with Crippen molar-refractivity contribution in [3.05, 3.63) is 44.2 Å². The average Bonchev–Trinajstić information content (AvgIpc) is 3.04. The molecule has 3 heterocycles. The molecule has 3 rings (SSSR count). The molecule has 10 nitrogen and oxygen atoms in total. The molecule has 1 fully saturated rings. The Kier molecular flexibility index (Phi) is 4.56. The van der Waals surface area contributed by atoms with Crippen LogP contribution in [0.15, 0.2) is 15.9 Å². The number of piperazine rings is 1. The van der Waals surface area contributed by atoms with Crippen LogP contribution in [-0.4, -0.2) is 67.0 Å². The number of carbonyl (C=O) groups is 1. The van der Waals surface area contributed by atoms with Gasteiger partial charge in [-0.1, -0.05) is 0 Å². The molecule has 0 bridgehead atoms. The van der Waals surface area contributed by atoms with E-state index in [4.69, 9.17) is 0 Å². The summed E-state index contributed by atoms with van der Waals surface area (Å²) in [7, 11) is 0. The summed E-state index contributed by atoms with van der Waals surface area (Å²) in [5, 5.41) is 6.63. The van der Waals surface area contributed by atoms with Gasteiger partial charge in [-0.2, -0.15) is 5.10 Å². The van der Waals surface area contributed by atoms with Crippen molar-refractivity contribution in [3.8, 4) is 0 Å². The van der Waals surface area contributed by atoms with Crippen LogP contribution < -0.4 is 11.2 Å². The van der Waals surface area contributed by atoms with Gasteiger partial charge in [-0.3, -0.25) is 24.6 Å². The number of carbonyl (C=O) groups excluding carboxylic acids is 1. The largest absolute Gasteiger partial charge is 0.340 e. The Morgan fingerprint density at radius 3 is 2.58 bits per heavy atom. The first-order chi connectivity index (χ1) is 11.5. The predicted octanol–water partition coefficient (Wildman–Crippen LogP) is -1.62. The molecule has 1 amide bonds. The Bertz CT molecular complexity index is 816. The maximum Gasteiger partial charge on any atom is 0.325 e. The minimum Gasteiger partial charge on any atom is -0.340 e. The van der Waals surface area contributed by atoms with Crippen LogP contribution in [0.3, 0.4) is 0 Å². The zero-order chi connectivity index (χ0) is 17.1. The highest BCUT2D eigenvalue weighted by atomic mass is 16.2. The fourth-order valence-corrected chi connectivity index (χ4v) is 2.78. The van der Waals surface area contributed by atoms with E-state index in [0.717, 1.165) is 18.9 Å². The van der Waals surface area contributed by atoms with E-state index in [9.17, 15) is 14.4 Å². The molecule has 0 aliphatic carbocycles. The fourth-order valence-electron chi connectivity index (χ4n) is 2.78. The molecular formula is C14H19N7O3. The highest BCUT2D eigenvalue weighted by Gasteiger charge is 2.23. The van der Waals surface area contributed by atoms with E-state index >= 15 is 0 Å². The van der Waals surface area contributed by atoms with Gasteiger partial charge in [0.2, 0.25) is 5.91 Å². The molecule has 2 aromatic heterocycles. The third-order valence-corrected chi connectivity index (χ3v) is 4.15. The lowest BCUT2D eigenvalue weighted by molar-refractivity contribution is -0.132. The van der Waals surface area contributed by atoms with E-state index in [-0.39, 0.29) is 12.3 Å². The molecule has 0 saturated carbocycles. The second-order valence-corrected chi connectivity index (χ2v) is 5.78. The van der Waals surface area contributed by atoms with E-state index in [1.807, 2.05) is 0 Å². The van der Waals surface area contributed by atoms with E-state index < -0.39 is 11.2 Å². The number of hydrogen-bond acceptors (Lipinski definition) is 6.